The molecule has 0 aliphatic rings. The van der Waals surface area contributed by atoms with Crippen LogP contribution in [0, 0.1) is 0 Å². The Hall–Kier alpha value is -1.55. The molecule has 0 fully saturated rings. The molecule has 2 aromatic heterocycles. The lowest BCUT2D eigenvalue weighted by atomic mass is 10.2. The molecule has 0 aliphatic carbocycles. The summed E-state index contributed by atoms with van der Waals surface area (Å²) in [7, 11) is 1.83. The minimum Gasteiger partial charge on any atom is -0.392 e. The van der Waals surface area contributed by atoms with Gasteiger partial charge in [0.2, 0.25) is 0 Å². The zero-order valence-corrected chi connectivity index (χ0v) is 7.31. The maximum Gasteiger partial charge on any atom is 0.328 e. The van der Waals surface area contributed by atoms with Crippen molar-refractivity contribution in [3.63, 3.8) is 0 Å². The molecule has 2 heterocycles. The van der Waals surface area contributed by atoms with Crippen molar-refractivity contribution in [3.8, 4) is 0 Å². The van der Waals surface area contributed by atoms with Gasteiger partial charge in [-0.25, -0.2) is 4.57 Å². The number of aryl methyl sites for hydroxylation is 1. The summed E-state index contributed by atoms with van der Waals surface area (Å²) >= 11 is 0. The van der Waals surface area contributed by atoms with E-state index in [0.29, 0.717) is 5.65 Å². The number of aliphatic hydroxyl groups is 1. The van der Waals surface area contributed by atoms with Gasteiger partial charge < -0.3 is 10.3 Å². The molecule has 2 N–H and O–H groups in total. The average molecular weight is 179 g/mol. The number of nitrogens with zero attached hydrogens (tertiary/aromatic N) is 2. The first-order chi connectivity index (χ1) is 6.24. The van der Waals surface area contributed by atoms with Gasteiger partial charge in [-0.05, 0) is 12.1 Å². The Labute approximate surface area is 75.2 Å². The average Bonchev–Trinajstić information content (AvgIpc) is 2.44. The summed E-state index contributed by atoms with van der Waals surface area (Å²) in [6.45, 7) is -0.0125. The van der Waals surface area contributed by atoms with Crippen molar-refractivity contribution in [1.29, 1.82) is 0 Å². The predicted octanol–water partition coefficient (Wildman–Crippen LogP) is 0.195. The zero-order chi connectivity index (χ0) is 9.42. The highest BCUT2D eigenvalue weighted by Crippen LogP contribution is 2.16. The highest BCUT2D eigenvalue weighted by atomic mass is 16.5. The van der Waals surface area contributed by atoms with Gasteiger partial charge in [0.15, 0.2) is 0 Å². The number of aromatic nitrogens is 2. The van der Waals surface area contributed by atoms with Crippen LogP contribution in [-0.2, 0) is 13.7 Å². The molecule has 4 nitrogen and oxygen atoms in total. The maximum absolute atomic E-state index is 9.48. The summed E-state index contributed by atoms with van der Waals surface area (Å²) in [6, 6.07) is 3.61. The smallest absolute Gasteiger partial charge is 0.328 e. The normalized spacial score (nSPS) is 10.9. The van der Waals surface area contributed by atoms with Crippen molar-refractivity contribution in [2.24, 2.45) is 7.05 Å². The fourth-order valence-electron chi connectivity index (χ4n) is 1.58. The Morgan fingerprint density at radius 3 is 3.00 bits per heavy atom. The number of aliphatic hydroxyl groups excluding tert-OH is 1. The first kappa shape index (κ1) is 8.07. The van der Waals surface area contributed by atoms with Crippen LogP contribution < -0.4 is 4.73 Å². The lowest BCUT2D eigenvalue weighted by Crippen LogP contribution is -2.31. The lowest BCUT2D eigenvalue weighted by Gasteiger charge is -1.91. The number of rotatable bonds is 1. The zero-order valence-electron chi connectivity index (χ0n) is 7.31. The second-order valence-corrected chi connectivity index (χ2v) is 3.01. The second kappa shape index (κ2) is 2.74. The Morgan fingerprint density at radius 2 is 2.31 bits per heavy atom. The molecule has 0 saturated carbocycles. The van der Waals surface area contributed by atoms with E-state index in [1.54, 1.807) is 23.0 Å². The first-order valence-electron chi connectivity index (χ1n) is 4.02. The van der Waals surface area contributed by atoms with Crippen LogP contribution in [0.1, 0.15) is 5.56 Å². The molecule has 68 valence electrons. The van der Waals surface area contributed by atoms with Gasteiger partial charge >= 0.3 is 5.65 Å². The molecule has 0 spiro atoms. The largest absolute Gasteiger partial charge is 0.392 e. The molecule has 0 amide bonds. The summed E-state index contributed by atoms with van der Waals surface area (Å²) in [5, 5.41) is 19.4. The molecule has 13 heavy (non-hydrogen) atoms. The summed E-state index contributed by atoms with van der Waals surface area (Å²) in [6.07, 6.45) is 3.36. The van der Waals surface area contributed by atoms with Gasteiger partial charge in [-0.1, -0.05) is 4.73 Å². The fraction of sp³-hybridized carbons (Fsp3) is 0.222. The predicted molar refractivity (Wildman–Crippen MR) is 46.2 cm³/mol. The SMILES string of the molecule is Cn1cc(CO)c2ccc[n+](O)c21. The Bertz CT molecular complexity index is 448. The van der Waals surface area contributed by atoms with E-state index < -0.39 is 0 Å². The van der Waals surface area contributed by atoms with E-state index in [9.17, 15) is 5.21 Å². The Morgan fingerprint density at radius 1 is 1.54 bits per heavy atom. The van der Waals surface area contributed by atoms with Crippen LogP contribution in [0.2, 0.25) is 0 Å². The van der Waals surface area contributed by atoms with E-state index in [4.69, 9.17) is 5.11 Å². The van der Waals surface area contributed by atoms with Gasteiger partial charge in [0, 0.05) is 5.56 Å². The topological polar surface area (TPSA) is 49.3 Å². The quantitative estimate of drug-likeness (QED) is 0.485. The highest BCUT2D eigenvalue weighted by Gasteiger charge is 2.15. The molecule has 0 aromatic carbocycles. The minimum absolute atomic E-state index is 0.0125. The van der Waals surface area contributed by atoms with E-state index >= 15 is 0 Å². The molecular formula is C9H11N2O2+. The van der Waals surface area contributed by atoms with E-state index in [1.807, 2.05) is 13.1 Å². The summed E-state index contributed by atoms with van der Waals surface area (Å²) in [5.74, 6) is 0. The summed E-state index contributed by atoms with van der Waals surface area (Å²) < 4.78 is 2.83. The Kier molecular flexibility index (Phi) is 1.70. The minimum atomic E-state index is -0.0125. The number of hydrogen-bond donors (Lipinski definition) is 2. The van der Waals surface area contributed by atoms with Crippen molar-refractivity contribution in [3.05, 3.63) is 30.1 Å². The first-order valence-corrected chi connectivity index (χ1v) is 4.02. The van der Waals surface area contributed by atoms with Crippen LogP contribution >= 0.6 is 0 Å². The van der Waals surface area contributed by atoms with Gasteiger partial charge in [0.1, 0.15) is 6.20 Å². The maximum atomic E-state index is 9.48. The molecular weight excluding hydrogens is 168 g/mol. The third kappa shape index (κ3) is 1.07. The summed E-state index contributed by atoms with van der Waals surface area (Å²) in [5.41, 5.74) is 1.51. The fourth-order valence-corrected chi connectivity index (χ4v) is 1.58. The van der Waals surface area contributed by atoms with Crippen LogP contribution in [0.15, 0.2) is 24.5 Å². The van der Waals surface area contributed by atoms with Crippen molar-refractivity contribution in [1.82, 2.24) is 4.57 Å². The third-order valence-electron chi connectivity index (χ3n) is 2.15. The molecule has 2 rings (SSSR count). The van der Waals surface area contributed by atoms with Crippen LogP contribution in [0.4, 0.5) is 0 Å². The van der Waals surface area contributed by atoms with E-state index in [0.717, 1.165) is 15.7 Å². The van der Waals surface area contributed by atoms with Gasteiger partial charge in [-0.3, -0.25) is 0 Å². The van der Waals surface area contributed by atoms with E-state index in [1.165, 1.54) is 0 Å². The molecule has 2 aromatic rings. The van der Waals surface area contributed by atoms with Crippen molar-refractivity contribution in [2.75, 3.05) is 0 Å². The van der Waals surface area contributed by atoms with Crippen LogP contribution in [0.25, 0.3) is 11.0 Å². The molecule has 0 atom stereocenters. The lowest BCUT2D eigenvalue weighted by molar-refractivity contribution is -0.886. The molecule has 0 saturated heterocycles. The van der Waals surface area contributed by atoms with Crippen LogP contribution in [0.3, 0.4) is 0 Å². The molecule has 0 radical (unpaired) electrons. The molecule has 4 heteroatoms. The number of fused-ring (bicyclic) bond motifs is 1. The van der Waals surface area contributed by atoms with Gasteiger partial charge in [-0.2, -0.15) is 0 Å². The third-order valence-corrected chi connectivity index (χ3v) is 2.15. The summed E-state index contributed by atoms with van der Waals surface area (Å²) in [4.78, 5) is 0. The van der Waals surface area contributed by atoms with Gasteiger partial charge in [0.05, 0.1) is 25.2 Å². The van der Waals surface area contributed by atoms with Crippen molar-refractivity contribution in [2.45, 2.75) is 6.61 Å². The van der Waals surface area contributed by atoms with E-state index in [2.05, 4.69) is 0 Å². The van der Waals surface area contributed by atoms with Gasteiger partial charge in [0.25, 0.3) is 0 Å². The Balaban J connectivity index is 2.87. The number of hydrogen-bond acceptors (Lipinski definition) is 2. The van der Waals surface area contributed by atoms with Crippen molar-refractivity contribution < 1.29 is 15.0 Å². The van der Waals surface area contributed by atoms with Crippen molar-refractivity contribution >= 4 is 11.0 Å². The molecule has 0 aliphatic heterocycles. The van der Waals surface area contributed by atoms with Crippen LogP contribution in [-0.4, -0.2) is 14.9 Å². The molecule has 0 bridgehead atoms. The molecule has 0 unspecified atom stereocenters. The van der Waals surface area contributed by atoms with E-state index in [-0.39, 0.29) is 6.61 Å². The second-order valence-electron chi connectivity index (χ2n) is 3.01. The monoisotopic (exact) mass is 179 g/mol. The highest BCUT2D eigenvalue weighted by molar-refractivity contribution is 5.77. The van der Waals surface area contributed by atoms with Gasteiger partial charge in [-0.15, -0.1) is 0 Å². The number of pyridine rings is 1. The standard InChI is InChI=1S/C9H11N2O2/c1-10-5-7(6-12)8-3-2-4-11(13)9(8)10/h2-5,12-13H,6H2,1H3/q+1. The van der Waals surface area contributed by atoms with Crippen LogP contribution in [0.5, 0.6) is 0 Å².